The van der Waals surface area contributed by atoms with E-state index in [2.05, 4.69) is 10.4 Å². The number of amides is 1. The summed E-state index contributed by atoms with van der Waals surface area (Å²) < 4.78 is 25.6. The van der Waals surface area contributed by atoms with Crippen molar-refractivity contribution < 1.29 is 13.2 Å². The maximum Gasteiger partial charge on any atom is 0.229 e. The van der Waals surface area contributed by atoms with Gasteiger partial charge in [-0.2, -0.15) is 5.10 Å². The fourth-order valence-electron chi connectivity index (χ4n) is 4.04. The van der Waals surface area contributed by atoms with E-state index in [4.69, 9.17) is 0 Å². The van der Waals surface area contributed by atoms with Crippen molar-refractivity contribution in [3.63, 3.8) is 0 Å². The van der Waals surface area contributed by atoms with Gasteiger partial charge in [0.2, 0.25) is 5.91 Å². The number of sulfone groups is 1. The zero-order valence-corrected chi connectivity index (χ0v) is 13.3. The monoisotopic (exact) mass is 323 g/mol. The van der Waals surface area contributed by atoms with E-state index in [1.807, 2.05) is 10.9 Å². The zero-order valence-electron chi connectivity index (χ0n) is 12.5. The van der Waals surface area contributed by atoms with Crippen LogP contribution in [0, 0.1) is 11.3 Å². The van der Waals surface area contributed by atoms with Gasteiger partial charge in [-0.15, -0.1) is 0 Å². The van der Waals surface area contributed by atoms with Gasteiger partial charge < -0.3 is 5.32 Å². The molecular formula is C15H21N3O3S. The second-order valence-electron chi connectivity index (χ2n) is 7.11. The van der Waals surface area contributed by atoms with Crippen LogP contribution in [-0.4, -0.2) is 35.6 Å². The largest absolute Gasteiger partial charge is 0.323 e. The minimum atomic E-state index is -3.07. The summed E-state index contributed by atoms with van der Waals surface area (Å²) in [6.07, 6.45) is 9.98. The Balaban J connectivity index is 1.46. The third kappa shape index (κ3) is 2.45. The number of carbonyl (C=O) groups is 1. The molecule has 0 radical (unpaired) electrons. The number of aromatic nitrogens is 2. The van der Waals surface area contributed by atoms with Crippen LogP contribution in [0.5, 0.6) is 0 Å². The van der Waals surface area contributed by atoms with E-state index >= 15 is 0 Å². The molecule has 3 aliphatic rings. The maximum atomic E-state index is 12.5. The molecule has 1 atom stereocenters. The van der Waals surface area contributed by atoms with E-state index in [1.54, 1.807) is 6.20 Å². The van der Waals surface area contributed by atoms with Gasteiger partial charge >= 0.3 is 0 Å². The molecule has 3 fully saturated rings. The average molecular weight is 323 g/mol. The SMILES string of the molecule is O=C(Nc1cnn(C2CCCC2)c1)C1CS(=O)(=O)CC12CC2. The van der Waals surface area contributed by atoms with Crippen LogP contribution < -0.4 is 5.32 Å². The van der Waals surface area contributed by atoms with Crippen molar-refractivity contribution in [2.24, 2.45) is 11.3 Å². The van der Waals surface area contributed by atoms with Gasteiger partial charge in [-0.25, -0.2) is 8.42 Å². The lowest BCUT2D eigenvalue weighted by Gasteiger charge is -2.15. The van der Waals surface area contributed by atoms with Crippen LogP contribution in [-0.2, 0) is 14.6 Å². The molecule has 2 heterocycles. The first-order valence-corrected chi connectivity index (χ1v) is 9.85. The Morgan fingerprint density at radius 2 is 2.05 bits per heavy atom. The lowest BCUT2D eigenvalue weighted by Crippen LogP contribution is -2.29. The van der Waals surface area contributed by atoms with Crippen LogP contribution in [0.25, 0.3) is 0 Å². The van der Waals surface area contributed by atoms with Crippen LogP contribution in [0.4, 0.5) is 5.69 Å². The Labute approximate surface area is 130 Å². The molecule has 1 spiro atoms. The molecule has 2 aliphatic carbocycles. The van der Waals surface area contributed by atoms with Gasteiger partial charge in [0.05, 0.1) is 35.3 Å². The van der Waals surface area contributed by atoms with Gasteiger partial charge in [0.15, 0.2) is 9.84 Å². The maximum absolute atomic E-state index is 12.5. The predicted octanol–water partition coefficient (Wildman–Crippen LogP) is 1.76. The van der Waals surface area contributed by atoms with E-state index in [9.17, 15) is 13.2 Å². The number of anilines is 1. The average Bonchev–Trinajstić information content (AvgIpc) is 2.88. The summed E-state index contributed by atoms with van der Waals surface area (Å²) in [4.78, 5) is 12.5. The molecule has 120 valence electrons. The molecule has 1 unspecified atom stereocenters. The number of rotatable bonds is 3. The Morgan fingerprint density at radius 3 is 2.73 bits per heavy atom. The van der Waals surface area contributed by atoms with Crippen molar-refractivity contribution in [2.75, 3.05) is 16.8 Å². The van der Waals surface area contributed by atoms with E-state index in [1.165, 1.54) is 12.8 Å². The van der Waals surface area contributed by atoms with Crippen LogP contribution >= 0.6 is 0 Å². The van der Waals surface area contributed by atoms with Crippen molar-refractivity contribution in [1.82, 2.24) is 9.78 Å². The fraction of sp³-hybridized carbons (Fsp3) is 0.733. The first-order chi connectivity index (χ1) is 10.5. The molecule has 2 saturated carbocycles. The minimum Gasteiger partial charge on any atom is -0.323 e. The topological polar surface area (TPSA) is 81.1 Å². The predicted molar refractivity (Wildman–Crippen MR) is 82.2 cm³/mol. The Hall–Kier alpha value is -1.37. The summed E-state index contributed by atoms with van der Waals surface area (Å²) in [5.74, 6) is -0.383. The second-order valence-corrected chi connectivity index (χ2v) is 9.22. The second kappa shape index (κ2) is 4.81. The number of carbonyl (C=O) groups excluding carboxylic acids is 1. The Kier molecular flexibility index (Phi) is 3.11. The standard InChI is InChI=1S/C15H21N3O3S/c19-14(13-9-22(20,21)10-15(13)5-6-15)17-11-7-16-18(8-11)12-3-1-2-4-12/h7-8,12-13H,1-6,9-10H2,(H,17,19). The smallest absolute Gasteiger partial charge is 0.229 e. The first kappa shape index (κ1) is 14.2. The van der Waals surface area contributed by atoms with E-state index < -0.39 is 15.8 Å². The normalized spacial score (nSPS) is 29.0. The number of nitrogens with zero attached hydrogens (tertiary/aromatic N) is 2. The van der Waals surface area contributed by atoms with Crippen LogP contribution in [0.3, 0.4) is 0 Å². The van der Waals surface area contributed by atoms with E-state index in [0.717, 1.165) is 25.7 Å². The lowest BCUT2D eigenvalue weighted by molar-refractivity contribution is -0.120. The summed E-state index contributed by atoms with van der Waals surface area (Å²) >= 11 is 0. The molecule has 1 aromatic rings. The first-order valence-electron chi connectivity index (χ1n) is 8.03. The van der Waals surface area contributed by atoms with Crippen LogP contribution in [0.2, 0.25) is 0 Å². The van der Waals surface area contributed by atoms with Crippen LogP contribution in [0.1, 0.15) is 44.6 Å². The molecule has 4 rings (SSSR count). The summed E-state index contributed by atoms with van der Waals surface area (Å²) in [6.45, 7) is 0. The molecule has 1 N–H and O–H groups in total. The van der Waals surface area contributed by atoms with Gasteiger partial charge in [0.1, 0.15) is 0 Å². The summed E-state index contributed by atoms with van der Waals surface area (Å²) in [7, 11) is -3.07. The van der Waals surface area contributed by atoms with Crippen molar-refractivity contribution in [2.45, 2.75) is 44.6 Å². The Bertz CT molecular complexity index is 699. The molecule has 1 saturated heterocycles. The highest BCUT2D eigenvalue weighted by atomic mass is 32.2. The number of hydrogen-bond acceptors (Lipinski definition) is 4. The quantitative estimate of drug-likeness (QED) is 0.919. The van der Waals surface area contributed by atoms with Gasteiger partial charge in [0.25, 0.3) is 0 Å². The minimum absolute atomic E-state index is 0.00437. The summed E-state index contributed by atoms with van der Waals surface area (Å²) in [5.41, 5.74) is 0.404. The van der Waals surface area contributed by atoms with E-state index in [-0.39, 0.29) is 22.8 Å². The highest BCUT2D eigenvalue weighted by Gasteiger charge is 2.60. The van der Waals surface area contributed by atoms with Gasteiger partial charge in [-0.05, 0) is 31.1 Å². The van der Waals surface area contributed by atoms with Gasteiger partial charge in [-0.3, -0.25) is 9.48 Å². The fourth-order valence-corrected chi connectivity index (χ4v) is 6.53. The highest BCUT2D eigenvalue weighted by Crippen LogP contribution is 2.57. The van der Waals surface area contributed by atoms with Gasteiger partial charge in [0, 0.05) is 6.20 Å². The van der Waals surface area contributed by atoms with Crippen molar-refractivity contribution >= 4 is 21.4 Å². The van der Waals surface area contributed by atoms with Crippen molar-refractivity contribution in [3.8, 4) is 0 Å². The summed E-state index contributed by atoms with van der Waals surface area (Å²) in [5, 5.41) is 7.22. The van der Waals surface area contributed by atoms with Gasteiger partial charge in [-0.1, -0.05) is 12.8 Å². The lowest BCUT2D eigenvalue weighted by atomic mass is 9.92. The van der Waals surface area contributed by atoms with Crippen molar-refractivity contribution in [3.05, 3.63) is 12.4 Å². The van der Waals surface area contributed by atoms with E-state index in [0.29, 0.717) is 11.7 Å². The third-order valence-electron chi connectivity index (χ3n) is 5.44. The third-order valence-corrected chi connectivity index (χ3v) is 7.30. The van der Waals surface area contributed by atoms with Crippen molar-refractivity contribution in [1.29, 1.82) is 0 Å². The van der Waals surface area contributed by atoms with Crippen LogP contribution in [0.15, 0.2) is 12.4 Å². The molecule has 0 aromatic carbocycles. The zero-order chi connectivity index (χ0) is 15.4. The Morgan fingerprint density at radius 1 is 1.32 bits per heavy atom. The molecule has 1 aliphatic heterocycles. The molecule has 22 heavy (non-hydrogen) atoms. The molecule has 7 heteroatoms. The number of hydrogen-bond donors (Lipinski definition) is 1. The number of nitrogens with one attached hydrogen (secondary N) is 1. The highest BCUT2D eigenvalue weighted by molar-refractivity contribution is 7.91. The summed E-state index contributed by atoms with van der Waals surface area (Å²) in [6, 6.07) is 0.437. The molecule has 1 aromatic heterocycles. The molecule has 1 amide bonds. The molecular weight excluding hydrogens is 302 g/mol. The molecule has 0 bridgehead atoms. The molecule has 6 nitrogen and oxygen atoms in total.